The van der Waals surface area contributed by atoms with Crippen LogP contribution < -0.4 is 16.0 Å². The van der Waals surface area contributed by atoms with Crippen molar-refractivity contribution in [1.29, 1.82) is 0 Å². The summed E-state index contributed by atoms with van der Waals surface area (Å²) in [5, 5.41) is 12.0. The largest absolute Gasteiger partial charge is 0.455 e. The van der Waals surface area contributed by atoms with E-state index in [0.717, 1.165) is 23.0 Å². The first kappa shape index (κ1) is 23.0. The molecule has 0 radical (unpaired) electrons. The fourth-order valence-corrected chi connectivity index (χ4v) is 4.68. The minimum atomic E-state index is -0.724. The summed E-state index contributed by atoms with van der Waals surface area (Å²) < 4.78 is 6.93. The Kier molecular flexibility index (Phi) is 6.23. The zero-order valence-corrected chi connectivity index (χ0v) is 19.6. The van der Waals surface area contributed by atoms with E-state index < -0.39 is 11.2 Å². The third kappa shape index (κ3) is 4.75. The number of aromatic nitrogens is 5. The Morgan fingerprint density at radius 1 is 1.17 bits per heavy atom. The van der Waals surface area contributed by atoms with E-state index in [9.17, 15) is 14.4 Å². The lowest BCUT2D eigenvalue weighted by Crippen LogP contribution is -2.44. The number of likely N-dealkylation sites (tertiary alicyclic amines) is 1. The van der Waals surface area contributed by atoms with Crippen LogP contribution in [-0.4, -0.2) is 42.3 Å². The predicted molar refractivity (Wildman–Crippen MR) is 127 cm³/mol. The third-order valence-corrected chi connectivity index (χ3v) is 6.34. The number of hydrogen-bond acceptors (Lipinski definition) is 7. The number of benzene rings is 1. The first-order chi connectivity index (χ1) is 16.9. The van der Waals surface area contributed by atoms with Crippen molar-refractivity contribution in [2.75, 3.05) is 6.54 Å². The molecular weight excluding hydrogens is 495 g/mol. The molecule has 1 fully saturated rings. The summed E-state index contributed by atoms with van der Waals surface area (Å²) in [4.78, 5) is 40.2. The number of nitrogens with one attached hydrogen (secondary N) is 1. The fraction of sp³-hybridized carbons (Fsp3) is 0.217. The van der Waals surface area contributed by atoms with Crippen LogP contribution in [0, 0.1) is 11.8 Å². The van der Waals surface area contributed by atoms with Gasteiger partial charge in [-0.05, 0) is 48.8 Å². The van der Waals surface area contributed by atoms with Gasteiger partial charge in [0.25, 0.3) is 5.56 Å². The van der Waals surface area contributed by atoms with Crippen molar-refractivity contribution in [3.8, 4) is 11.4 Å². The SMILES string of the molecule is O=C1C2C=CC(Oc3c(Cl)cc(-n4ncc(=O)[nH]c4=O)cc3Cl)=CC2CCN1Cc1cccnn1. The zero-order valence-electron chi connectivity index (χ0n) is 18.1. The third-order valence-electron chi connectivity index (χ3n) is 5.78. The van der Waals surface area contributed by atoms with Crippen molar-refractivity contribution in [1.82, 2.24) is 29.9 Å². The molecule has 2 atom stereocenters. The molecule has 2 unspecified atom stereocenters. The monoisotopic (exact) mass is 512 g/mol. The highest BCUT2D eigenvalue weighted by Crippen LogP contribution is 2.38. The van der Waals surface area contributed by atoms with Crippen LogP contribution in [0.15, 0.2) is 70.2 Å². The number of hydrogen-bond donors (Lipinski definition) is 1. The molecule has 1 aromatic carbocycles. The number of nitrogens with zero attached hydrogens (tertiary/aromatic N) is 5. The molecular formula is C23H18Cl2N6O4. The molecule has 1 aliphatic carbocycles. The summed E-state index contributed by atoms with van der Waals surface area (Å²) in [5.41, 5.74) is -0.332. The molecule has 3 aromatic rings. The van der Waals surface area contributed by atoms with Crippen molar-refractivity contribution >= 4 is 29.1 Å². The summed E-state index contributed by atoms with van der Waals surface area (Å²) >= 11 is 12.8. The Hall–Kier alpha value is -3.76. The number of ether oxygens (including phenoxy) is 1. The van der Waals surface area contributed by atoms with Gasteiger partial charge in [0.15, 0.2) is 5.75 Å². The second-order valence-corrected chi connectivity index (χ2v) is 8.89. The van der Waals surface area contributed by atoms with Crippen molar-refractivity contribution in [3.63, 3.8) is 0 Å². The molecule has 0 spiro atoms. The van der Waals surface area contributed by atoms with Gasteiger partial charge in [-0.25, -0.2) is 4.79 Å². The average molecular weight is 513 g/mol. The Morgan fingerprint density at radius 3 is 2.69 bits per heavy atom. The van der Waals surface area contributed by atoms with Crippen LogP contribution in [0.25, 0.3) is 5.69 Å². The van der Waals surface area contributed by atoms with E-state index >= 15 is 0 Å². The summed E-state index contributed by atoms with van der Waals surface area (Å²) in [6.45, 7) is 1.01. The standard InChI is InChI=1S/C23H18Cl2N6O4/c24-18-9-15(31-23(34)28-20(32)11-27-31)10-19(25)21(18)35-16-3-4-17-13(8-16)5-7-30(22(17)33)12-14-2-1-6-26-29-14/h1-4,6,8-11,13,17H,5,7,12H2,(H,28,32,34). The second kappa shape index (κ2) is 9.47. The lowest BCUT2D eigenvalue weighted by molar-refractivity contribution is -0.139. The van der Waals surface area contributed by atoms with Gasteiger partial charge in [0.2, 0.25) is 5.91 Å². The number of amides is 1. The number of piperidine rings is 1. The molecule has 1 amide bonds. The van der Waals surface area contributed by atoms with Crippen molar-refractivity contribution in [3.05, 3.63) is 97.2 Å². The molecule has 10 nitrogen and oxygen atoms in total. The topological polar surface area (TPSA) is 123 Å². The summed E-state index contributed by atoms with van der Waals surface area (Å²) in [6, 6.07) is 6.56. The van der Waals surface area contributed by atoms with E-state index in [1.54, 1.807) is 23.2 Å². The number of H-pyrrole nitrogens is 1. The highest BCUT2D eigenvalue weighted by molar-refractivity contribution is 6.37. The Bertz CT molecular complexity index is 1440. The number of fused-ring (bicyclic) bond motifs is 1. The van der Waals surface area contributed by atoms with Crippen LogP contribution in [0.3, 0.4) is 0 Å². The molecule has 3 heterocycles. The van der Waals surface area contributed by atoms with E-state index in [0.29, 0.717) is 18.8 Å². The first-order valence-corrected chi connectivity index (χ1v) is 11.5. The Balaban J connectivity index is 1.32. The lowest BCUT2D eigenvalue weighted by Gasteiger charge is -2.36. The van der Waals surface area contributed by atoms with Crippen LogP contribution in [0.5, 0.6) is 5.75 Å². The van der Waals surface area contributed by atoms with Crippen LogP contribution >= 0.6 is 23.2 Å². The zero-order chi connectivity index (χ0) is 24.5. The average Bonchev–Trinajstić information content (AvgIpc) is 2.84. The maximum absolute atomic E-state index is 13.0. The maximum Gasteiger partial charge on any atom is 0.349 e. The normalized spacial score (nSPS) is 19.3. The quantitative estimate of drug-likeness (QED) is 0.556. The summed E-state index contributed by atoms with van der Waals surface area (Å²) in [7, 11) is 0. The lowest BCUT2D eigenvalue weighted by atomic mass is 9.81. The molecule has 0 saturated carbocycles. The minimum Gasteiger partial charge on any atom is -0.455 e. The van der Waals surface area contributed by atoms with Crippen LogP contribution in [0.2, 0.25) is 10.0 Å². The van der Waals surface area contributed by atoms with Gasteiger partial charge < -0.3 is 9.64 Å². The van der Waals surface area contributed by atoms with Crippen LogP contribution in [-0.2, 0) is 11.3 Å². The molecule has 2 aromatic heterocycles. The highest BCUT2D eigenvalue weighted by Gasteiger charge is 2.36. The molecule has 1 N–H and O–H groups in total. The van der Waals surface area contributed by atoms with Gasteiger partial charge in [-0.15, -0.1) is 0 Å². The number of allylic oxidation sites excluding steroid dienone is 2. The maximum atomic E-state index is 13.0. The molecule has 1 saturated heterocycles. The smallest absolute Gasteiger partial charge is 0.349 e. The fourth-order valence-electron chi connectivity index (χ4n) is 4.13. The molecule has 178 valence electrons. The number of carbonyl (C=O) groups is 1. The summed E-state index contributed by atoms with van der Waals surface area (Å²) in [5.74, 6) is 0.422. The van der Waals surface area contributed by atoms with E-state index in [2.05, 4.69) is 20.3 Å². The van der Waals surface area contributed by atoms with E-state index in [4.69, 9.17) is 27.9 Å². The molecule has 1 aliphatic heterocycles. The number of halogens is 2. The highest BCUT2D eigenvalue weighted by atomic mass is 35.5. The second-order valence-electron chi connectivity index (χ2n) is 8.07. The van der Waals surface area contributed by atoms with Gasteiger partial charge in [0.05, 0.1) is 33.9 Å². The minimum absolute atomic E-state index is 0.0257. The van der Waals surface area contributed by atoms with Crippen molar-refractivity contribution < 1.29 is 9.53 Å². The number of rotatable bonds is 5. The number of carbonyl (C=O) groups excluding carboxylic acids is 1. The van der Waals surface area contributed by atoms with E-state index in [1.165, 1.54) is 12.1 Å². The number of aromatic amines is 1. The Morgan fingerprint density at radius 2 is 1.97 bits per heavy atom. The van der Waals surface area contributed by atoms with Crippen LogP contribution in [0.4, 0.5) is 0 Å². The molecule has 0 bridgehead atoms. The van der Waals surface area contributed by atoms with Gasteiger partial charge in [-0.3, -0.25) is 14.6 Å². The van der Waals surface area contributed by atoms with Gasteiger partial charge in [0.1, 0.15) is 12.0 Å². The van der Waals surface area contributed by atoms with Crippen molar-refractivity contribution in [2.45, 2.75) is 13.0 Å². The van der Waals surface area contributed by atoms with Gasteiger partial charge in [0, 0.05) is 12.7 Å². The van der Waals surface area contributed by atoms with Gasteiger partial charge >= 0.3 is 5.69 Å². The van der Waals surface area contributed by atoms with Gasteiger partial charge in [-0.1, -0.05) is 29.3 Å². The van der Waals surface area contributed by atoms with E-state index in [1.807, 2.05) is 18.2 Å². The predicted octanol–water partition coefficient (Wildman–Crippen LogP) is 2.52. The molecule has 2 aliphatic rings. The van der Waals surface area contributed by atoms with Gasteiger partial charge in [-0.2, -0.15) is 20.0 Å². The Labute approximate surface area is 208 Å². The van der Waals surface area contributed by atoms with Crippen LogP contribution in [0.1, 0.15) is 12.1 Å². The molecule has 5 rings (SSSR count). The molecule has 12 heteroatoms. The molecule has 35 heavy (non-hydrogen) atoms. The summed E-state index contributed by atoms with van der Waals surface area (Å²) in [6.07, 6.45) is 8.78. The van der Waals surface area contributed by atoms with Crippen molar-refractivity contribution in [2.24, 2.45) is 11.8 Å². The van der Waals surface area contributed by atoms with E-state index in [-0.39, 0.29) is 39.2 Å². The first-order valence-electron chi connectivity index (χ1n) is 10.7.